The van der Waals surface area contributed by atoms with Crippen LogP contribution in [0.2, 0.25) is 0 Å². The summed E-state index contributed by atoms with van der Waals surface area (Å²) in [5, 5.41) is 0. The van der Waals surface area contributed by atoms with Crippen LogP contribution in [-0.4, -0.2) is 44.3 Å². The number of rotatable bonds is 23. The van der Waals surface area contributed by atoms with E-state index in [2.05, 4.69) is 64.3 Å². The van der Waals surface area contributed by atoms with Crippen LogP contribution < -0.4 is 4.74 Å². The van der Waals surface area contributed by atoms with Crippen LogP contribution in [0.4, 0.5) is 0 Å². The number of nitrogens with zero attached hydrogens (tertiary/aromatic N) is 1. The van der Waals surface area contributed by atoms with Crippen molar-refractivity contribution >= 4 is 5.97 Å². The molecule has 2 rings (SSSR count). The van der Waals surface area contributed by atoms with Crippen molar-refractivity contribution in [2.45, 2.75) is 110 Å². The zero-order valence-electron chi connectivity index (χ0n) is 26.2. The molecule has 2 aromatic carbocycles. The predicted octanol–water partition coefficient (Wildman–Crippen LogP) is 9.16. The Hall–Kier alpha value is -2.33. The molecule has 0 aromatic heterocycles. The molecule has 0 saturated heterocycles. The summed E-state index contributed by atoms with van der Waals surface area (Å²) in [6.07, 6.45) is 18.2. The molecule has 0 aliphatic heterocycles. The molecule has 4 nitrogen and oxygen atoms in total. The van der Waals surface area contributed by atoms with Crippen molar-refractivity contribution in [3.8, 4) is 5.75 Å². The van der Waals surface area contributed by atoms with Crippen LogP contribution in [0.15, 0.2) is 54.6 Å². The Bertz CT molecular complexity index is 911. The number of carbonyl (C=O) groups is 1. The summed E-state index contributed by atoms with van der Waals surface area (Å²) in [6.45, 7) is 6.67. The van der Waals surface area contributed by atoms with Crippen molar-refractivity contribution in [3.63, 3.8) is 0 Å². The molecule has 1 unspecified atom stereocenters. The maximum Gasteiger partial charge on any atom is 0.314 e. The van der Waals surface area contributed by atoms with Crippen molar-refractivity contribution in [3.05, 3.63) is 65.7 Å². The minimum atomic E-state index is -0.116. The highest BCUT2D eigenvalue weighted by Gasteiger charge is 2.28. The molecule has 0 fully saturated rings. The third-order valence-corrected chi connectivity index (χ3v) is 7.85. The molecule has 0 aliphatic carbocycles. The third-order valence-electron chi connectivity index (χ3n) is 7.85. The van der Waals surface area contributed by atoms with Crippen LogP contribution >= 0.6 is 0 Å². The lowest BCUT2D eigenvalue weighted by molar-refractivity contribution is -0.906. The quantitative estimate of drug-likeness (QED) is 0.0783. The molecule has 0 radical (unpaired) electrons. The van der Waals surface area contributed by atoms with E-state index in [-0.39, 0.29) is 18.5 Å². The van der Waals surface area contributed by atoms with Crippen LogP contribution in [0.1, 0.15) is 108 Å². The molecular formula is C36H58NO3+. The second kappa shape index (κ2) is 20.5. The molecule has 1 atom stereocenters. The minimum absolute atomic E-state index is 0.114. The average Bonchev–Trinajstić information content (AvgIpc) is 2.95. The van der Waals surface area contributed by atoms with Gasteiger partial charge in [-0.2, -0.15) is 0 Å². The summed E-state index contributed by atoms with van der Waals surface area (Å²) in [5.74, 6) is 0.696. The highest BCUT2D eigenvalue weighted by Crippen LogP contribution is 2.21. The molecule has 40 heavy (non-hydrogen) atoms. The second-order valence-electron chi connectivity index (χ2n) is 12.1. The summed E-state index contributed by atoms with van der Waals surface area (Å²) in [6, 6.07) is 18.8. The van der Waals surface area contributed by atoms with Crippen molar-refractivity contribution in [2.24, 2.45) is 5.92 Å². The number of unbranched alkanes of at least 4 members (excludes halogenated alkanes) is 11. The van der Waals surface area contributed by atoms with E-state index in [0.717, 1.165) is 36.2 Å². The fraction of sp³-hybridized carbons (Fsp3) is 0.639. The van der Waals surface area contributed by atoms with Gasteiger partial charge < -0.3 is 14.0 Å². The summed E-state index contributed by atoms with van der Waals surface area (Å²) < 4.78 is 12.5. The van der Waals surface area contributed by atoms with Gasteiger partial charge in [0.15, 0.2) is 0 Å². The van der Waals surface area contributed by atoms with Gasteiger partial charge in [-0.3, -0.25) is 4.79 Å². The molecule has 2 aromatic rings. The van der Waals surface area contributed by atoms with E-state index in [0.29, 0.717) is 6.61 Å². The number of esters is 1. The molecule has 0 bridgehead atoms. The lowest BCUT2D eigenvalue weighted by atomic mass is 10.0. The van der Waals surface area contributed by atoms with E-state index in [1.165, 1.54) is 88.2 Å². The third kappa shape index (κ3) is 14.9. The molecule has 4 heteroatoms. The maximum atomic E-state index is 12.8. The first kappa shape index (κ1) is 33.9. The number of hydrogen-bond acceptors (Lipinski definition) is 3. The smallest absolute Gasteiger partial charge is 0.314 e. The van der Waals surface area contributed by atoms with Crippen molar-refractivity contribution in [2.75, 3.05) is 33.9 Å². The molecule has 0 N–H and O–H groups in total. The van der Waals surface area contributed by atoms with Crippen LogP contribution in [0.3, 0.4) is 0 Å². The molecule has 0 heterocycles. The standard InChI is InChI=1S/C36H58NO3/c1-5-7-8-9-10-11-12-13-14-15-16-20-25-34-26-21-22-27-35(34)39-28-29-40-36(38)33(6-2)31-37(3,4)30-32-23-18-17-19-24-32/h17-19,21-24,26-27,33H,5-16,20,25,28-31H2,1-4H3/q+1. The van der Waals surface area contributed by atoms with Crippen LogP contribution in [0.25, 0.3) is 0 Å². The van der Waals surface area contributed by atoms with E-state index >= 15 is 0 Å². The fourth-order valence-electron chi connectivity index (χ4n) is 5.53. The van der Waals surface area contributed by atoms with Gasteiger partial charge in [-0.05, 0) is 30.9 Å². The van der Waals surface area contributed by atoms with Gasteiger partial charge >= 0.3 is 5.97 Å². The van der Waals surface area contributed by atoms with E-state index in [1.54, 1.807) is 0 Å². The number of ether oxygens (including phenoxy) is 2. The van der Waals surface area contributed by atoms with Gasteiger partial charge in [0, 0.05) is 5.56 Å². The zero-order valence-corrected chi connectivity index (χ0v) is 26.2. The SMILES string of the molecule is CCCCCCCCCCCCCCc1ccccc1OCCOC(=O)C(CC)C[N+](C)(C)Cc1ccccc1. The first-order chi connectivity index (χ1) is 19.4. The van der Waals surface area contributed by atoms with Gasteiger partial charge in [0.25, 0.3) is 0 Å². The highest BCUT2D eigenvalue weighted by molar-refractivity contribution is 5.72. The van der Waals surface area contributed by atoms with Crippen molar-refractivity contribution < 1.29 is 18.8 Å². The Morgan fingerprint density at radius 1 is 0.725 bits per heavy atom. The molecule has 0 aliphatic rings. The lowest BCUT2D eigenvalue weighted by Gasteiger charge is -2.32. The van der Waals surface area contributed by atoms with Crippen molar-refractivity contribution in [1.82, 2.24) is 0 Å². The van der Waals surface area contributed by atoms with Gasteiger partial charge in [0.1, 0.15) is 31.4 Å². The van der Waals surface area contributed by atoms with E-state index in [4.69, 9.17) is 9.47 Å². The maximum absolute atomic E-state index is 12.8. The Labute approximate surface area is 246 Å². The Morgan fingerprint density at radius 3 is 1.93 bits per heavy atom. The second-order valence-corrected chi connectivity index (χ2v) is 12.1. The molecule has 0 amide bonds. The van der Waals surface area contributed by atoms with Crippen LogP contribution in [0, 0.1) is 5.92 Å². The Morgan fingerprint density at radius 2 is 1.30 bits per heavy atom. The zero-order chi connectivity index (χ0) is 28.9. The molecular weight excluding hydrogens is 494 g/mol. The summed E-state index contributed by atoms with van der Waals surface area (Å²) >= 11 is 0. The average molecular weight is 553 g/mol. The van der Waals surface area contributed by atoms with Gasteiger partial charge in [-0.25, -0.2) is 0 Å². The first-order valence-electron chi connectivity index (χ1n) is 16.2. The number of aryl methyl sites for hydroxylation is 1. The number of hydrogen-bond donors (Lipinski definition) is 0. The monoisotopic (exact) mass is 552 g/mol. The normalized spacial score (nSPS) is 12.3. The van der Waals surface area contributed by atoms with Crippen molar-refractivity contribution in [1.29, 1.82) is 0 Å². The summed E-state index contributed by atoms with van der Waals surface area (Å²) in [4.78, 5) is 12.8. The van der Waals surface area contributed by atoms with Gasteiger partial charge in [0.2, 0.25) is 0 Å². The topological polar surface area (TPSA) is 35.5 Å². The summed E-state index contributed by atoms with van der Waals surface area (Å²) in [7, 11) is 4.36. The van der Waals surface area contributed by atoms with E-state index < -0.39 is 0 Å². The summed E-state index contributed by atoms with van der Waals surface area (Å²) in [5.41, 5.74) is 2.54. The van der Waals surface area contributed by atoms with Crippen LogP contribution in [-0.2, 0) is 22.5 Å². The number of quaternary nitrogens is 1. The minimum Gasteiger partial charge on any atom is -0.490 e. The van der Waals surface area contributed by atoms with Gasteiger partial charge in [0.05, 0.1) is 20.6 Å². The Kier molecular flexibility index (Phi) is 17.4. The molecule has 224 valence electrons. The molecule has 0 spiro atoms. The van der Waals surface area contributed by atoms with Gasteiger partial charge in [-0.1, -0.05) is 133 Å². The number of carbonyl (C=O) groups excluding carboxylic acids is 1. The van der Waals surface area contributed by atoms with E-state index in [1.807, 2.05) is 18.2 Å². The Balaban J connectivity index is 1.62. The number of benzene rings is 2. The predicted molar refractivity (Wildman–Crippen MR) is 169 cm³/mol. The van der Waals surface area contributed by atoms with E-state index in [9.17, 15) is 4.79 Å². The lowest BCUT2D eigenvalue weighted by Crippen LogP contribution is -2.44. The first-order valence-corrected chi connectivity index (χ1v) is 16.2. The largest absolute Gasteiger partial charge is 0.490 e. The highest BCUT2D eigenvalue weighted by atomic mass is 16.6. The van der Waals surface area contributed by atoms with Gasteiger partial charge in [-0.15, -0.1) is 0 Å². The number of para-hydroxylation sites is 1. The van der Waals surface area contributed by atoms with Crippen LogP contribution in [0.5, 0.6) is 5.75 Å². The molecule has 0 saturated carbocycles. The fourth-order valence-corrected chi connectivity index (χ4v) is 5.53.